The minimum absolute atomic E-state index is 0.176. The zero-order valence-corrected chi connectivity index (χ0v) is 11.3. The van der Waals surface area contributed by atoms with Gasteiger partial charge in [0.1, 0.15) is 5.41 Å². The Bertz CT molecular complexity index is 323. The van der Waals surface area contributed by atoms with Crippen LogP contribution in [0.3, 0.4) is 0 Å². The molecule has 0 aromatic rings. The van der Waals surface area contributed by atoms with Crippen LogP contribution >= 0.6 is 24.4 Å². The maximum absolute atomic E-state index is 11.9. The van der Waals surface area contributed by atoms with Crippen molar-refractivity contribution >= 4 is 46.5 Å². The number of rotatable bonds is 4. The van der Waals surface area contributed by atoms with Crippen LogP contribution in [0, 0.1) is 5.41 Å². The van der Waals surface area contributed by atoms with Gasteiger partial charge in [-0.2, -0.15) is 0 Å². The highest BCUT2D eigenvalue weighted by Crippen LogP contribution is 2.27. The van der Waals surface area contributed by atoms with Crippen LogP contribution < -0.4 is 22.1 Å². The normalized spacial score (nSPS) is 10.5. The summed E-state index contributed by atoms with van der Waals surface area (Å²) in [4.78, 5) is 23.9. The zero-order chi connectivity index (χ0) is 13.6. The lowest BCUT2D eigenvalue weighted by Gasteiger charge is -2.28. The van der Waals surface area contributed by atoms with Gasteiger partial charge in [-0.15, -0.1) is 0 Å². The number of nitrogens with two attached hydrogens (primary N) is 2. The van der Waals surface area contributed by atoms with Crippen molar-refractivity contribution in [2.45, 2.75) is 26.7 Å². The quantitative estimate of drug-likeness (QED) is 0.407. The van der Waals surface area contributed by atoms with Gasteiger partial charge in [-0.1, -0.05) is 13.8 Å². The Kier molecular flexibility index (Phi) is 5.97. The predicted octanol–water partition coefficient (Wildman–Crippen LogP) is -0.488. The topological polar surface area (TPSA) is 110 Å². The number of nitrogens with one attached hydrogen (secondary N) is 2. The highest BCUT2D eigenvalue weighted by molar-refractivity contribution is 7.80. The van der Waals surface area contributed by atoms with Crippen molar-refractivity contribution in [2.24, 2.45) is 16.9 Å². The minimum atomic E-state index is -1.27. The summed E-state index contributed by atoms with van der Waals surface area (Å²) in [6.07, 6.45) is 0.568. The Balaban J connectivity index is 5.14. The average Bonchev–Trinajstić information content (AvgIpc) is 2.17. The van der Waals surface area contributed by atoms with E-state index >= 15 is 0 Å². The smallest absolute Gasteiger partial charge is 0.241 e. The van der Waals surface area contributed by atoms with E-state index in [9.17, 15) is 9.59 Å². The molecule has 0 rings (SSSR count). The minimum Gasteiger partial charge on any atom is -0.376 e. The van der Waals surface area contributed by atoms with E-state index < -0.39 is 17.2 Å². The summed E-state index contributed by atoms with van der Waals surface area (Å²) in [7, 11) is 0. The van der Waals surface area contributed by atoms with Gasteiger partial charge in [-0.3, -0.25) is 9.59 Å². The highest BCUT2D eigenvalue weighted by atomic mass is 32.1. The van der Waals surface area contributed by atoms with Crippen LogP contribution in [0.4, 0.5) is 0 Å². The molecule has 0 aliphatic heterocycles. The molecular formula is C9H16N4O2S2. The molecule has 6 N–H and O–H groups in total. The Hall–Kier alpha value is -1.28. The molecule has 96 valence electrons. The molecule has 6 nitrogen and oxygen atoms in total. The van der Waals surface area contributed by atoms with Crippen molar-refractivity contribution < 1.29 is 9.59 Å². The summed E-state index contributed by atoms with van der Waals surface area (Å²) in [5.74, 6) is -1.10. The fourth-order valence-electron chi connectivity index (χ4n) is 1.46. The number of carbonyl (C=O) groups is 2. The van der Waals surface area contributed by atoms with Crippen LogP contribution in [-0.2, 0) is 9.59 Å². The molecule has 0 radical (unpaired) electrons. The number of thiocarbonyl (C=S) groups is 2. The van der Waals surface area contributed by atoms with Crippen molar-refractivity contribution in [1.29, 1.82) is 0 Å². The lowest BCUT2D eigenvalue weighted by Crippen LogP contribution is -2.54. The molecule has 0 spiro atoms. The van der Waals surface area contributed by atoms with Crippen LogP contribution in [0.1, 0.15) is 26.7 Å². The van der Waals surface area contributed by atoms with Crippen LogP contribution in [0.15, 0.2) is 0 Å². The molecule has 0 aliphatic rings. The fraction of sp³-hybridized carbons (Fsp3) is 0.556. The maximum Gasteiger partial charge on any atom is 0.241 e. The Labute approximate surface area is 110 Å². The molecule has 0 heterocycles. The zero-order valence-electron chi connectivity index (χ0n) is 9.70. The molecule has 0 unspecified atom stereocenters. The monoisotopic (exact) mass is 276 g/mol. The Morgan fingerprint density at radius 2 is 1.29 bits per heavy atom. The molecule has 17 heavy (non-hydrogen) atoms. The van der Waals surface area contributed by atoms with Crippen molar-refractivity contribution in [3.8, 4) is 0 Å². The highest BCUT2D eigenvalue weighted by Gasteiger charge is 2.43. The van der Waals surface area contributed by atoms with E-state index in [1.54, 1.807) is 13.8 Å². The number of hydrogen-bond donors (Lipinski definition) is 4. The van der Waals surface area contributed by atoms with Gasteiger partial charge in [-0.25, -0.2) is 0 Å². The number of amides is 2. The van der Waals surface area contributed by atoms with Crippen molar-refractivity contribution in [3.05, 3.63) is 0 Å². The fourth-order valence-corrected chi connectivity index (χ4v) is 1.64. The van der Waals surface area contributed by atoms with E-state index in [1.807, 2.05) is 0 Å². The largest absolute Gasteiger partial charge is 0.376 e. The Morgan fingerprint density at radius 1 is 1.00 bits per heavy atom. The van der Waals surface area contributed by atoms with Gasteiger partial charge in [0, 0.05) is 0 Å². The SMILES string of the molecule is CCC(CC)(C(=O)NC(N)=S)C(=O)NC(N)=S. The molecule has 0 aromatic heterocycles. The van der Waals surface area contributed by atoms with Gasteiger partial charge < -0.3 is 22.1 Å². The summed E-state index contributed by atoms with van der Waals surface area (Å²) >= 11 is 9.15. The van der Waals surface area contributed by atoms with Gasteiger partial charge in [0.25, 0.3) is 0 Å². The molecule has 0 aromatic carbocycles. The third-order valence-corrected chi connectivity index (χ3v) is 2.75. The first-order valence-electron chi connectivity index (χ1n) is 5.02. The third-order valence-electron chi connectivity index (χ3n) is 2.55. The molecule has 0 bridgehead atoms. The number of carbonyl (C=O) groups excluding carboxylic acids is 2. The second-order valence-electron chi connectivity index (χ2n) is 3.43. The van der Waals surface area contributed by atoms with E-state index in [2.05, 4.69) is 35.1 Å². The summed E-state index contributed by atoms with van der Waals surface area (Å²) in [6, 6.07) is 0. The van der Waals surface area contributed by atoms with E-state index in [4.69, 9.17) is 11.5 Å². The predicted molar refractivity (Wildman–Crippen MR) is 72.9 cm³/mol. The van der Waals surface area contributed by atoms with Gasteiger partial charge in [-0.05, 0) is 37.3 Å². The molecule has 0 aliphatic carbocycles. The molecule has 0 fully saturated rings. The summed E-state index contributed by atoms with van der Waals surface area (Å²) in [6.45, 7) is 3.42. The second-order valence-corrected chi connectivity index (χ2v) is 4.31. The average molecular weight is 276 g/mol. The standard InChI is InChI=1S/C9H16N4O2S2/c1-3-9(4-2,5(14)12-7(10)16)6(15)13-8(11)17/h3-4H2,1-2H3,(H3,10,12,14,16)(H3,11,13,15,17). The van der Waals surface area contributed by atoms with Gasteiger partial charge >= 0.3 is 0 Å². The van der Waals surface area contributed by atoms with E-state index in [0.29, 0.717) is 0 Å². The van der Waals surface area contributed by atoms with E-state index in [-0.39, 0.29) is 23.1 Å². The van der Waals surface area contributed by atoms with Crippen LogP contribution in [0.2, 0.25) is 0 Å². The van der Waals surface area contributed by atoms with Crippen molar-refractivity contribution in [2.75, 3.05) is 0 Å². The first-order chi connectivity index (χ1) is 7.80. The number of hydrogen-bond acceptors (Lipinski definition) is 4. The first-order valence-corrected chi connectivity index (χ1v) is 5.83. The summed E-state index contributed by atoms with van der Waals surface area (Å²) in [5, 5.41) is 4.18. The maximum atomic E-state index is 11.9. The summed E-state index contributed by atoms with van der Waals surface area (Å²) < 4.78 is 0. The van der Waals surface area contributed by atoms with Gasteiger partial charge in [0.05, 0.1) is 0 Å². The lowest BCUT2D eigenvalue weighted by atomic mass is 9.80. The van der Waals surface area contributed by atoms with E-state index in [0.717, 1.165) is 0 Å². The molecular weight excluding hydrogens is 260 g/mol. The van der Waals surface area contributed by atoms with Crippen molar-refractivity contribution in [3.63, 3.8) is 0 Å². The molecule has 8 heteroatoms. The van der Waals surface area contributed by atoms with Crippen molar-refractivity contribution in [1.82, 2.24) is 10.6 Å². The third kappa shape index (κ3) is 3.90. The van der Waals surface area contributed by atoms with Gasteiger partial charge in [0.2, 0.25) is 11.8 Å². The first kappa shape index (κ1) is 15.7. The molecule has 0 atom stereocenters. The summed E-state index contributed by atoms with van der Waals surface area (Å²) in [5.41, 5.74) is 9.17. The second kappa shape index (κ2) is 6.45. The molecule has 0 saturated heterocycles. The van der Waals surface area contributed by atoms with Crippen LogP contribution in [0.25, 0.3) is 0 Å². The molecule has 2 amide bonds. The van der Waals surface area contributed by atoms with Crippen LogP contribution in [-0.4, -0.2) is 22.0 Å². The van der Waals surface area contributed by atoms with E-state index in [1.165, 1.54) is 0 Å². The van der Waals surface area contributed by atoms with Crippen LogP contribution in [0.5, 0.6) is 0 Å². The molecule has 0 saturated carbocycles. The lowest BCUT2D eigenvalue weighted by molar-refractivity contribution is -0.142. The van der Waals surface area contributed by atoms with Gasteiger partial charge in [0.15, 0.2) is 10.2 Å². The Morgan fingerprint density at radius 3 is 1.47 bits per heavy atom.